The van der Waals surface area contributed by atoms with Crippen molar-refractivity contribution in [1.82, 2.24) is 0 Å². The fourth-order valence-electron chi connectivity index (χ4n) is 6.01. The molecule has 2 atom stereocenters. The van der Waals surface area contributed by atoms with Crippen LogP contribution in [0.3, 0.4) is 0 Å². The molecule has 7 rings (SSSR count). The Kier molecular flexibility index (Phi) is 13.6. The molecule has 2 saturated heterocycles. The summed E-state index contributed by atoms with van der Waals surface area (Å²) in [6.45, 7) is 12.8. The van der Waals surface area contributed by atoms with Crippen LogP contribution in [0.5, 0.6) is 34.5 Å². The van der Waals surface area contributed by atoms with E-state index in [4.69, 9.17) is 37.9 Å². The number of rotatable bonds is 18. The van der Waals surface area contributed by atoms with Crippen LogP contribution in [-0.4, -0.2) is 38.6 Å². The van der Waals surface area contributed by atoms with Crippen LogP contribution in [0.15, 0.2) is 90.7 Å². The minimum absolute atomic E-state index is 0.222. The van der Waals surface area contributed by atoms with Crippen molar-refractivity contribution in [3.63, 3.8) is 0 Å². The number of hydrogen-bond donors (Lipinski definition) is 0. The highest BCUT2D eigenvalue weighted by Gasteiger charge is 2.24. The van der Waals surface area contributed by atoms with E-state index in [1.165, 1.54) is 0 Å². The molecule has 2 fully saturated rings. The number of ether oxygens (including phenoxy) is 8. The van der Waals surface area contributed by atoms with Gasteiger partial charge < -0.3 is 37.9 Å². The van der Waals surface area contributed by atoms with E-state index in [-0.39, 0.29) is 12.2 Å². The van der Waals surface area contributed by atoms with Crippen molar-refractivity contribution in [1.29, 1.82) is 0 Å². The topological polar surface area (TPSA) is 80.4 Å². The quantitative estimate of drug-likeness (QED) is 0.0803. The average Bonchev–Trinajstić information content (AvgIpc) is 4.16. The maximum Gasteiger partial charge on any atom is 0.120 e. The van der Waals surface area contributed by atoms with E-state index in [9.17, 15) is 0 Å². The predicted octanol–water partition coefficient (Wildman–Crippen LogP) is 11.8. The summed E-state index contributed by atoms with van der Waals surface area (Å²) in [5, 5.41) is 0. The lowest BCUT2D eigenvalue weighted by Crippen LogP contribution is -2.08. The molecule has 0 radical (unpaired) electrons. The zero-order valence-electron chi connectivity index (χ0n) is 31.5. The average molecular weight is 1020 g/mol. The normalized spacial score (nSPS) is 15.6. The van der Waals surface area contributed by atoms with Crippen molar-refractivity contribution in [2.75, 3.05) is 26.4 Å². The van der Waals surface area contributed by atoms with E-state index in [0.29, 0.717) is 39.6 Å². The van der Waals surface area contributed by atoms with Crippen LogP contribution in [0.25, 0.3) is 0 Å². The van der Waals surface area contributed by atoms with E-state index in [0.717, 1.165) is 110 Å². The van der Waals surface area contributed by atoms with E-state index in [1.807, 2.05) is 72.8 Å². The second-order valence-corrected chi connectivity index (χ2v) is 16.9. The van der Waals surface area contributed by atoms with Gasteiger partial charge in [0.2, 0.25) is 0 Å². The highest BCUT2D eigenvalue weighted by Crippen LogP contribution is 2.39. The Morgan fingerprint density at radius 3 is 0.786 bits per heavy atom. The van der Waals surface area contributed by atoms with Crippen LogP contribution in [0.2, 0.25) is 0 Å². The van der Waals surface area contributed by atoms with Gasteiger partial charge in [0.25, 0.3) is 0 Å². The molecule has 0 aliphatic carbocycles. The monoisotopic (exact) mass is 1010 g/mol. The van der Waals surface area contributed by atoms with Crippen molar-refractivity contribution in [2.45, 2.75) is 66.3 Å². The van der Waals surface area contributed by atoms with Gasteiger partial charge in [0.15, 0.2) is 0 Å². The summed E-state index contributed by atoms with van der Waals surface area (Å²) in [6, 6.07) is 23.1. The lowest BCUT2D eigenvalue weighted by Gasteiger charge is -2.20. The van der Waals surface area contributed by atoms with Crippen molar-refractivity contribution in [2.24, 2.45) is 0 Å². The standard InChI is InChI=1S/C44H42Br4O8/c1-25-27(3)39(43(47)41(45)37(25)21-53-31-9-5-29(6-10-31)49-17-35-19-51-35)23-55-33-13-15-34(16-14-33)56-24-40-28(4)26(2)38(42(46)44(40)48)22-54-32-11-7-30(8-12-32)50-18-36-20-52-36/h5-16,35-36H,17-24H2,1-4H3. The molecule has 0 aromatic heterocycles. The summed E-state index contributed by atoms with van der Waals surface area (Å²) in [7, 11) is 0. The molecular weight excluding hydrogens is 976 g/mol. The fourth-order valence-corrected chi connectivity index (χ4v) is 8.61. The van der Waals surface area contributed by atoms with Crippen LogP contribution in [0.1, 0.15) is 44.5 Å². The molecule has 56 heavy (non-hydrogen) atoms. The van der Waals surface area contributed by atoms with Gasteiger partial charge in [0, 0.05) is 40.1 Å². The maximum atomic E-state index is 6.27. The highest BCUT2D eigenvalue weighted by atomic mass is 79.9. The van der Waals surface area contributed by atoms with E-state index in [1.54, 1.807) is 0 Å². The van der Waals surface area contributed by atoms with Crippen LogP contribution >= 0.6 is 63.7 Å². The molecule has 0 saturated carbocycles. The third kappa shape index (κ3) is 10.2. The second-order valence-electron chi connectivity index (χ2n) is 13.8. The first-order chi connectivity index (χ1) is 27.0. The summed E-state index contributed by atoms with van der Waals surface area (Å²) < 4.78 is 50.6. The predicted molar refractivity (Wildman–Crippen MR) is 230 cm³/mol. The minimum atomic E-state index is 0.222. The zero-order chi connectivity index (χ0) is 39.3. The molecule has 5 aromatic carbocycles. The van der Waals surface area contributed by atoms with Crippen molar-refractivity contribution >= 4 is 63.7 Å². The third-order valence-corrected chi connectivity index (χ3v) is 14.6. The van der Waals surface area contributed by atoms with Gasteiger partial charge in [-0.25, -0.2) is 0 Å². The van der Waals surface area contributed by atoms with Gasteiger partial charge in [-0.1, -0.05) is 0 Å². The lowest BCUT2D eigenvalue weighted by atomic mass is 9.98. The van der Waals surface area contributed by atoms with Crippen LogP contribution in [0.4, 0.5) is 0 Å². The summed E-state index contributed by atoms with van der Waals surface area (Å²) in [5.41, 5.74) is 8.86. The van der Waals surface area contributed by atoms with Crippen LogP contribution in [-0.2, 0) is 35.9 Å². The van der Waals surface area contributed by atoms with Crippen molar-refractivity contribution in [3.8, 4) is 34.5 Å². The molecule has 0 bridgehead atoms. The molecule has 2 unspecified atom stereocenters. The number of epoxide rings is 2. The number of halogens is 4. The van der Waals surface area contributed by atoms with E-state index < -0.39 is 0 Å². The maximum absolute atomic E-state index is 6.27. The Hall–Kier alpha value is -3.26. The summed E-state index contributed by atoms with van der Waals surface area (Å²) >= 11 is 15.3. The van der Waals surface area contributed by atoms with Gasteiger partial charge in [-0.05, 0) is 186 Å². The smallest absolute Gasteiger partial charge is 0.120 e. The molecule has 0 N–H and O–H groups in total. The number of benzene rings is 5. The molecule has 2 aliphatic rings. The van der Waals surface area contributed by atoms with Gasteiger partial charge in [-0.15, -0.1) is 0 Å². The lowest BCUT2D eigenvalue weighted by molar-refractivity contribution is 0.262. The highest BCUT2D eigenvalue weighted by molar-refractivity contribution is 9.13. The molecule has 5 aromatic rings. The van der Waals surface area contributed by atoms with Crippen LogP contribution in [0, 0.1) is 27.7 Å². The Balaban J connectivity index is 0.918. The molecule has 8 nitrogen and oxygen atoms in total. The second kappa shape index (κ2) is 18.6. The fraction of sp³-hybridized carbons (Fsp3) is 0.318. The Morgan fingerprint density at radius 1 is 0.393 bits per heavy atom. The first-order valence-corrected chi connectivity index (χ1v) is 21.4. The molecule has 0 amide bonds. The Labute approximate surface area is 361 Å². The van der Waals surface area contributed by atoms with Gasteiger partial charge in [-0.3, -0.25) is 0 Å². The molecular formula is C44H42Br4O8. The molecule has 0 spiro atoms. The van der Waals surface area contributed by atoms with Gasteiger partial charge >= 0.3 is 0 Å². The van der Waals surface area contributed by atoms with Crippen LogP contribution < -0.4 is 28.4 Å². The van der Waals surface area contributed by atoms with Crippen molar-refractivity contribution in [3.05, 3.63) is 135 Å². The minimum Gasteiger partial charge on any atom is -0.491 e. The van der Waals surface area contributed by atoms with Crippen molar-refractivity contribution < 1.29 is 37.9 Å². The largest absolute Gasteiger partial charge is 0.491 e. The van der Waals surface area contributed by atoms with E-state index in [2.05, 4.69) is 91.4 Å². The Bertz CT molecular complexity index is 1940. The summed E-state index contributed by atoms with van der Waals surface area (Å²) in [6.07, 6.45) is 0.445. The van der Waals surface area contributed by atoms with Gasteiger partial charge in [-0.2, -0.15) is 0 Å². The zero-order valence-corrected chi connectivity index (χ0v) is 37.9. The van der Waals surface area contributed by atoms with E-state index >= 15 is 0 Å². The Morgan fingerprint density at radius 2 is 0.589 bits per heavy atom. The van der Waals surface area contributed by atoms with Gasteiger partial charge in [0.1, 0.15) is 86.3 Å². The first kappa shape index (κ1) is 40.9. The van der Waals surface area contributed by atoms with Gasteiger partial charge in [0.05, 0.1) is 13.2 Å². The molecule has 2 aliphatic heterocycles. The molecule has 2 heterocycles. The number of hydrogen-bond acceptors (Lipinski definition) is 8. The summed E-state index contributed by atoms with van der Waals surface area (Å²) in [5.74, 6) is 4.64. The SMILES string of the molecule is Cc1c(C)c(COc2ccc(OCC3CO3)cc2)c(Br)c(Br)c1COc1ccc(OCc2c(C)c(C)c(COc3ccc(OCC4CO4)cc3)c(Br)c2Br)cc1. The third-order valence-electron chi connectivity index (χ3n) is 10.1. The molecule has 294 valence electrons. The summed E-state index contributed by atoms with van der Waals surface area (Å²) in [4.78, 5) is 0. The first-order valence-electron chi connectivity index (χ1n) is 18.3. The molecule has 12 heteroatoms.